The number of allylic oxidation sites excluding steroid dienone is 2. The lowest BCUT2D eigenvalue weighted by Gasteiger charge is -2.06. The summed E-state index contributed by atoms with van der Waals surface area (Å²) >= 11 is 5.44. The third kappa shape index (κ3) is 4.42. The highest BCUT2D eigenvalue weighted by Gasteiger charge is 2.13. The molecule has 0 unspecified atom stereocenters. The lowest BCUT2D eigenvalue weighted by Crippen LogP contribution is -2.32. The van der Waals surface area contributed by atoms with E-state index in [1.165, 1.54) is 0 Å². The van der Waals surface area contributed by atoms with E-state index in [-0.39, 0.29) is 17.2 Å². The first-order chi connectivity index (χ1) is 6.90. The third-order valence-corrected chi connectivity index (χ3v) is 1.64. The number of halogens is 2. The second-order valence-electron chi connectivity index (χ2n) is 2.42. The molecule has 0 heterocycles. The van der Waals surface area contributed by atoms with E-state index in [4.69, 9.17) is 16.7 Å². The number of aliphatic carboxylic acids is 1. The number of carboxylic acid groups (broad SMARTS) is 1. The van der Waals surface area contributed by atoms with Crippen LogP contribution in [0.15, 0.2) is 35.7 Å². The molecule has 0 atom stereocenters. The van der Waals surface area contributed by atoms with Crippen LogP contribution < -0.4 is 5.32 Å². The Bertz CT molecular complexity index is 349. The van der Waals surface area contributed by atoms with Crippen LogP contribution in [0.5, 0.6) is 0 Å². The van der Waals surface area contributed by atoms with Gasteiger partial charge in [0.2, 0.25) is 0 Å². The van der Waals surface area contributed by atoms with Crippen molar-refractivity contribution in [1.29, 1.82) is 0 Å². The van der Waals surface area contributed by atoms with Gasteiger partial charge in [0.25, 0.3) is 0 Å². The van der Waals surface area contributed by atoms with Gasteiger partial charge in [-0.05, 0) is 6.08 Å². The third-order valence-electron chi connectivity index (χ3n) is 1.41. The van der Waals surface area contributed by atoms with Crippen LogP contribution in [0.4, 0.5) is 4.39 Å². The van der Waals surface area contributed by atoms with E-state index in [0.29, 0.717) is 0 Å². The molecule has 0 radical (unpaired) electrons. The first-order valence-electron chi connectivity index (χ1n) is 3.77. The minimum atomic E-state index is -1.66. The minimum Gasteiger partial charge on any atom is -0.474 e. The second-order valence-corrected chi connectivity index (χ2v) is 2.88. The average Bonchev–Trinajstić information content (AvgIpc) is 2.16. The maximum Gasteiger partial charge on any atom is 0.394 e. The molecular formula is C9H9ClFNO3. The summed E-state index contributed by atoms with van der Waals surface area (Å²) in [5, 5.41) is 10.1. The van der Waals surface area contributed by atoms with Crippen molar-refractivity contribution in [2.45, 2.75) is 0 Å². The Morgan fingerprint density at radius 2 is 2.07 bits per heavy atom. The highest BCUT2D eigenvalue weighted by Crippen LogP contribution is 2.17. The summed E-state index contributed by atoms with van der Waals surface area (Å²) in [6.45, 7) is 6.08. The molecule has 0 aliphatic carbocycles. The number of amides is 1. The first-order valence-corrected chi connectivity index (χ1v) is 4.15. The van der Waals surface area contributed by atoms with Crippen LogP contribution in [0.25, 0.3) is 0 Å². The summed E-state index contributed by atoms with van der Waals surface area (Å²) in [5.41, 5.74) is -0.110. The molecule has 0 rings (SSSR count). The molecule has 0 fully saturated rings. The van der Waals surface area contributed by atoms with Gasteiger partial charge in [-0.2, -0.15) is 0 Å². The fourth-order valence-electron chi connectivity index (χ4n) is 0.677. The smallest absolute Gasteiger partial charge is 0.394 e. The molecule has 4 nitrogen and oxygen atoms in total. The molecule has 1 amide bonds. The van der Waals surface area contributed by atoms with Gasteiger partial charge in [-0.1, -0.05) is 24.8 Å². The minimum absolute atomic E-state index is 0.110. The highest BCUT2D eigenvalue weighted by molar-refractivity contribution is 6.32. The van der Waals surface area contributed by atoms with E-state index in [1.54, 1.807) is 0 Å². The molecule has 0 aromatic rings. The monoisotopic (exact) mass is 233 g/mol. The van der Waals surface area contributed by atoms with Gasteiger partial charge in [0.05, 0.1) is 0 Å². The summed E-state index contributed by atoms with van der Waals surface area (Å²) in [7, 11) is 0. The van der Waals surface area contributed by atoms with E-state index in [9.17, 15) is 14.0 Å². The normalized spacial score (nSPS) is 11.3. The Hall–Kier alpha value is -1.62. The van der Waals surface area contributed by atoms with Crippen LogP contribution >= 0.6 is 11.6 Å². The average molecular weight is 234 g/mol. The maximum atomic E-state index is 13.0. The molecule has 6 heteroatoms. The van der Waals surface area contributed by atoms with Crippen molar-refractivity contribution in [3.8, 4) is 0 Å². The molecule has 15 heavy (non-hydrogen) atoms. The van der Waals surface area contributed by atoms with Gasteiger partial charge >= 0.3 is 11.9 Å². The molecule has 0 spiro atoms. The number of nitrogens with one attached hydrogen (secondary N) is 1. The largest absolute Gasteiger partial charge is 0.474 e. The predicted octanol–water partition coefficient (Wildman–Crippen LogP) is 1.35. The van der Waals surface area contributed by atoms with Crippen LogP contribution in [0, 0.1) is 0 Å². The van der Waals surface area contributed by atoms with Gasteiger partial charge in [0, 0.05) is 17.2 Å². The van der Waals surface area contributed by atoms with Crippen LogP contribution in [0.2, 0.25) is 0 Å². The summed E-state index contributed by atoms with van der Waals surface area (Å²) < 4.78 is 13.0. The summed E-state index contributed by atoms with van der Waals surface area (Å²) in [6.07, 6.45) is 0.885. The Morgan fingerprint density at radius 1 is 1.53 bits per heavy atom. The van der Waals surface area contributed by atoms with Gasteiger partial charge in [-0.25, -0.2) is 9.18 Å². The quantitative estimate of drug-likeness (QED) is 0.569. The van der Waals surface area contributed by atoms with Crippen molar-refractivity contribution in [1.82, 2.24) is 5.32 Å². The van der Waals surface area contributed by atoms with E-state index >= 15 is 0 Å². The van der Waals surface area contributed by atoms with Crippen LogP contribution in [0.1, 0.15) is 0 Å². The summed E-state index contributed by atoms with van der Waals surface area (Å²) in [5.74, 6) is -3.67. The van der Waals surface area contributed by atoms with E-state index < -0.39 is 17.7 Å². The van der Waals surface area contributed by atoms with Gasteiger partial charge in [-0.15, -0.1) is 0 Å². The van der Waals surface area contributed by atoms with E-state index in [1.807, 2.05) is 5.32 Å². The van der Waals surface area contributed by atoms with Crippen LogP contribution in [0.3, 0.4) is 0 Å². The maximum absolute atomic E-state index is 13.0. The zero-order valence-corrected chi connectivity index (χ0v) is 8.47. The van der Waals surface area contributed by atoms with Gasteiger partial charge < -0.3 is 10.4 Å². The number of carbonyl (C=O) groups is 2. The Balaban J connectivity index is 4.61. The molecular weight excluding hydrogens is 225 g/mol. The molecule has 0 aromatic heterocycles. The van der Waals surface area contributed by atoms with Crippen molar-refractivity contribution >= 4 is 23.5 Å². The molecule has 2 N–H and O–H groups in total. The zero-order chi connectivity index (χ0) is 12.0. The molecule has 0 saturated carbocycles. The standard InChI is InChI=1S/C9H9ClFNO3/c1-3-7(11)6(5(2)10)4-12-8(13)9(14)15/h3H,1-2,4H2,(H,12,13)(H,14,15)/b7-6+. The van der Waals surface area contributed by atoms with Crippen molar-refractivity contribution in [2.75, 3.05) is 6.54 Å². The second kappa shape index (κ2) is 5.98. The van der Waals surface area contributed by atoms with Gasteiger partial charge in [-0.3, -0.25) is 4.79 Å². The fourth-order valence-corrected chi connectivity index (χ4v) is 0.834. The van der Waals surface area contributed by atoms with Crippen molar-refractivity contribution in [2.24, 2.45) is 0 Å². The first kappa shape index (κ1) is 13.4. The van der Waals surface area contributed by atoms with Gasteiger partial charge in [0.1, 0.15) is 5.83 Å². The topological polar surface area (TPSA) is 66.4 Å². The molecule has 0 aliphatic heterocycles. The number of hydrogen-bond acceptors (Lipinski definition) is 2. The van der Waals surface area contributed by atoms with Crippen molar-refractivity contribution in [3.63, 3.8) is 0 Å². The fraction of sp³-hybridized carbons (Fsp3) is 0.111. The number of rotatable bonds is 4. The highest BCUT2D eigenvalue weighted by atomic mass is 35.5. The van der Waals surface area contributed by atoms with Crippen LogP contribution in [-0.2, 0) is 9.59 Å². The number of carbonyl (C=O) groups excluding carboxylic acids is 1. The Labute approximate surface area is 90.7 Å². The SMILES string of the molecule is C=C/C(F)=C(/CNC(=O)C(=O)O)C(=C)Cl. The molecule has 0 saturated heterocycles. The molecule has 0 bridgehead atoms. The molecule has 82 valence electrons. The zero-order valence-electron chi connectivity index (χ0n) is 7.72. The van der Waals surface area contributed by atoms with E-state index in [0.717, 1.165) is 6.08 Å². The predicted molar refractivity (Wildman–Crippen MR) is 54.0 cm³/mol. The van der Waals surface area contributed by atoms with Gasteiger partial charge in [0.15, 0.2) is 0 Å². The Kier molecular flexibility index (Phi) is 5.33. The Morgan fingerprint density at radius 3 is 2.40 bits per heavy atom. The number of hydrogen-bond donors (Lipinski definition) is 2. The van der Waals surface area contributed by atoms with E-state index in [2.05, 4.69) is 13.2 Å². The molecule has 0 aromatic carbocycles. The van der Waals surface area contributed by atoms with Crippen LogP contribution in [-0.4, -0.2) is 23.5 Å². The van der Waals surface area contributed by atoms with Crippen molar-refractivity contribution < 1.29 is 19.1 Å². The summed E-state index contributed by atoms with van der Waals surface area (Å²) in [6, 6.07) is 0. The molecule has 0 aliphatic rings. The number of carboxylic acids is 1. The van der Waals surface area contributed by atoms with Crippen molar-refractivity contribution in [3.05, 3.63) is 35.7 Å². The lowest BCUT2D eigenvalue weighted by molar-refractivity contribution is -0.150. The lowest BCUT2D eigenvalue weighted by atomic mass is 10.2. The summed E-state index contributed by atoms with van der Waals surface area (Å²) in [4.78, 5) is 20.8.